The highest BCUT2D eigenvalue weighted by molar-refractivity contribution is 5.89. The maximum Gasteiger partial charge on any atom is 0.155 e. The van der Waals surface area contributed by atoms with Gasteiger partial charge in [-0.25, -0.2) is 0 Å². The highest BCUT2D eigenvalue weighted by Crippen LogP contribution is 2.21. The predicted molar refractivity (Wildman–Crippen MR) is 96.6 cm³/mol. The number of nitrogens with one attached hydrogen (secondary N) is 1. The molecule has 0 amide bonds. The zero-order valence-corrected chi connectivity index (χ0v) is 15.1. The fourth-order valence-electron chi connectivity index (χ4n) is 2.70. The third-order valence-electron chi connectivity index (χ3n) is 3.76. The first-order valence-electron chi connectivity index (χ1n) is 8.22. The van der Waals surface area contributed by atoms with Crippen LogP contribution in [-0.2, 0) is 11.2 Å². The Morgan fingerprint density at radius 3 is 2.26 bits per heavy atom. The number of hydrogen-bond donors (Lipinski definition) is 1. The second kappa shape index (κ2) is 6.40. The number of benzene rings is 1. The summed E-state index contributed by atoms with van der Waals surface area (Å²) in [5, 5.41) is 5.76. The van der Waals surface area contributed by atoms with Gasteiger partial charge in [0.05, 0.1) is 6.04 Å². The first kappa shape index (κ1) is 17.6. The highest BCUT2D eigenvalue weighted by atomic mass is 16.1. The number of hydrogen-bond acceptors (Lipinski definition) is 3. The third kappa shape index (κ3) is 4.87. The maximum atomic E-state index is 12.8. The molecule has 0 saturated heterocycles. The van der Waals surface area contributed by atoms with E-state index in [-0.39, 0.29) is 22.8 Å². The summed E-state index contributed by atoms with van der Waals surface area (Å²) in [5.74, 6) is 0.224. The van der Waals surface area contributed by atoms with Crippen LogP contribution in [-0.4, -0.2) is 22.3 Å². The van der Waals surface area contributed by atoms with Crippen LogP contribution in [0.25, 0.3) is 10.8 Å². The van der Waals surface area contributed by atoms with Crippen LogP contribution in [0.3, 0.4) is 0 Å². The normalized spacial score (nSPS) is 14.0. The fraction of sp³-hybridized carbons (Fsp3) is 0.500. The van der Waals surface area contributed by atoms with Gasteiger partial charge >= 0.3 is 0 Å². The van der Waals surface area contributed by atoms with E-state index < -0.39 is 0 Å². The quantitative estimate of drug-likeness (QED) is 0.922. The van der Waals surface area contributed by atoms with Crippen molar-refractivity contribution < 1.29 is 4.79 Å². The minimum atomic E-state index is -0.375. The van der Waals surface area contributed by atoms with Crippen molar-refractivity contribution in [1.82, 2.24) is 10.3 Å². The maximum absolute atomic E-state index is 12.8. The first-order chi connectivity index (χ1) is 10.6. The smallest absolute Gasteiger partial charge is 0.155 e. The zero-order valence-electron chi connectivity index (χ0n) is 15.1. The molecule has 0 aliphatic heterocycles. The molecular weight excluding hydrogens is 284 g/mol. The molecular formula is C20H28N2O. The van der Waals surface area contributed by atoms with Gasteiger partial charge in [-0.1, -0.05) is 45.0 Å². The van der Waals surface area contributed by atoms with Gasteiger partial charge in [-0.05, 0) is 32.2 Å². The minimum absolute atomic E-state index is 0.123. The van der Waals surface area contributed by atoms with Crippen molar-refractivity contribution in [3.05, 3.63) is 42.2 Å². The average Bonchev–Trinajstić information content (AvgIpc) is 2.43. The number of rotatable bonds is 4. The highest BCUT2D eigenvalue weighted by Gasteiger charge is 2.32. The summed E-state index contributed by atoms with van der Waals surface area (Å²) in [5.41, 5.74) is 0.449. The number of aromatic nitrogens is 1. The van der Waals surface area contributed by atoms with E-state index in [2.05, 4.69) is 49.3 Å². The molecule has 0 saturated carbocycles. The van der Waals surface area contributed by atoms with Crippen LogP contribution in [0.15, 0.2) is 36.5 Å². The number of carbonyl (C=O) groups excluding carboxylic acids is 1. The van der Waals surface area contributed by atoms with Gasteiger partial charge in [0.2, 0.25) is 0 Å². The largest absolute Gasteiger partial charge is 0.302 e. The van der Waals surface area contributed by atoms with Crippen LogP contribution >= 0.6 is 0 Å². The Bertz CT molecular complexity index is 693. The standard InChI is InChI=1S/C20H28N2O/c1-19(2,3)18(23)17(22-20(4,5)6)12-16-11-14-9-7-8-10-15(14)13-21-16/h7-11,13,17,22H,12H2,1-6H3. The van der Waals surface area contributed by atoms with E-state index >= 15 is 0 Å². The molecule has 0 spiro atoms. The second-order valence-electron chi connectivity index (χ2n) is 8.29. The van der Waals surface area contributed by atoms with E-state index in [0.717, 1.165) is 16.5 Å². The Morgan fingerprint density at radius 2 is 1.70 bits per heavy atom. The van der Waals surface area contributed by atoms with Crippen molar-refractivity contribution in [2.24, 2.45) is 5.41 Å². The monoisotopic (exact) mass is 312 g/mol. The molecule has 1 N–H and O–H groups in total. The van der Waals surface area contributed by atoms with Gasteiger partial charge in [-0.2, -0.15) is 0 Å². The van der Waals surface area contributed by atoms with Gasteiger partial charge in [0, 0.05) is 34.7 Å². The van der Waals surface area contributed by atoms with E-state index in [1.54, 1.807) is 0 Å². The van der Waals surface area contributed by atoms with E-state index in [0.29, 0.717) is 6.42 Å². The van der Waals surface area contributed by atoms with Gasteiger partial charge in [-0.3, -0.25) is 9.78 Å². The number of Topliss-reactive ketones (excluding diaryl/α,β-unsaturated/α-hetero) is 1. The number of pyridine rings is 1. The van der Waals surface area contributed by atoms with Crippen molar-refractivity contribution in [1.29, 1.82) is 0 Å². The molecule has 1 aromatic carbocycles. The van der Waals surface area contributed by atoms with Crippen LogP contribution in [0.4, 0.5) is 0 Å². The molecule has 23 heavy (non-hydrogen) atoms. The SMILES string of the molecule is CC(C)(C)NC(Cc1cc2ccccc2cn1)C(=O)C(C)(C)C. The Morgan fingerprint density at radius 1 is 1.09 bits per heavy atom. The van der Waals surface area contributed by atoms with Gasteiger partial charge in [0.15, 0.2) is 5.78 Å². The van der Waals surface area contributed by atoms with Crippen molar-refractivity contribution in [3.63, 3.8) is 0 Å². The number of fused-ring (bicyclic) bond motifs is 1. The predicted octanol–water partition coefficient (Wildman–Crippen LogP) is 4.15. The molecule has 0 aliphatic carbocycles. The molecule has 1 atom stereocenters. The van der Waals surface area contributed by atoms with Crippen LogP contribution in [0, 0.1) is 5.41 Å². The molecule has 1 heterocycles. The van der Waals surface area contributed by atoms with E-state index in [4.69, 9.17) is 0 Å². The van der Waals surface area contributed by atoms with Crippen LogP contribution in [0.1, 0.15) is 47.2 Å². The third-order valence-corrected chi connectivity index (χ3v) is 3.76. The van der Waals surface area contributed by atoms with Gasteiger partial charge in [0.1, 0.15) is 0 Å². The number of nitrogens with zero attached hydrogens (tertiary/aromatic N) is 1. The number of ketones is 1. The summed E-state index contributed by atoms with van der Waals surface area (Å²) in [6.07, 6.45) is 2.50. The zero-order chi connectivity index (χ0) is 17.3. The molecule has 0 bridgehead atoms. The van der Waals surface area contributed by atoms with Gasteiger partial charge in [0.25, 0.3) is 0 Å². The van der Waals surface area contributed by atoms with Crippen LogP contribution < -0.4 is 5.32 Å². The van der Waals surface area contributed by atoms with Crippen molar-refractivity contribution in [2.45, 2.75) is 59.5 Å². The van der Waals surface area contributed by atoms with Crippen molar-refractivity contribution >= 4 is 16.6 Å². The van der Waals surface area contributed by atoms with Gasteiger partial charge < -0.3 is 5.32 Å². The lowest BCUT2D eigenvalue weighted by atomic mass is 9.84. The number of carbonyl (C=O) groups is 1. The molecule has 3 heteroatoms. The van der Waals surface area contributed by atoms with E-state index in [1.165, 1.54) is 0 Å². The topological polar surface area (TPSA) is 42.0 Å². The summed E-state index contributed by atoms with van der Waals surface area (Å²) >= 11 is 0. The lowest BCUT2D eigenvalue weighted by Crippen LogP contribution is -2.52. The molecule has 3 nitrogen and oxygen atoms in total. The second-order valence-corrected chi connectivity index (χ2v) is 8.29. The Labute approximate surface area is 139 Å². The molecule has 1 aromatic heterocycles. The first-order valence-corrected chi connectivity index (χ1v) is 8.22. The molecule has 0 fully saturated rings. The molecule has 2 rings (SSSR count). The lowest BCUT2D eigenvalue weighted by Gasteiger charge is -2.31. The lowest BCUT2D eigenvalue weighted by molar-refractivity contribution is -0.128. The minimum Gasteiger partial charge on any atom is -0.302 e. The molecule has 0 aliphatic rings. The Kier molecular flexibility index (Phi) is 4.90. The summed E-state index contributed by atoms with van der Waals surface area (Å²) in [4.78, 5) is 17.4. The summed E-state index contributed by atoms with van der Waals surface area (Å²) < 4.78 is 0. The van der Waals surface area contributed by atoms with Crippen LogP contribution in [0.2, 0.25) is 0 Å². The summed E-state index contributed by atoms with van der Waals surface area (Å²) in [7, 11) is 0. The molecule has 124 valence electrons. The molecule has 2 aromatic rings. The average molecular weight is 312 g/mol. The molecule has 1 unspecified atom stereocenters. The molecule has 0 radical (unpaired) electrons. The van der Waals surface area contributed by atoms with Crippen molar-refractivity contribution in [3.8, 4) is 0 Å². The van der Waals surface area contributed by atoms with Crippen LogP contribution in [0.5, 0.6) is 0 Å². The summed E-state index contributed by atoms with van der Waals surface area (Å²) in [6, 6.07) is 10.0. The van der Waals surface area contributed by atoms with E-state index in [1.807, 2.05) is 39.1 Å². The Hall–Kier alpha value is -1.74. The fourth-order valence-corrected chi connectivity index (χ4v) is 2.70. The van der Waals surface area contributed by atoms with Crippen molar-refractivity contribution in [2.75, 3.05) is 0 Å². The van der Waals surface area contributed by atoms with E-state index in [9.17, 15) is 4.79 Å². The van der Waals surface area contributed by atoms with Gasteiger partial charge in [-0.15, -0.1) is 0 Å². The Balaban J connectivity index is 2.29. The summed E-state index contributed by atoms with van der Waals surface area (Å²) in [6.45, 7) is 12.2.